The second kappa shape index (κ2) is 8.11. The smallest absolute Gasteiger partial charge is 0.358 e. The largest absolute Gasteiger partial charge is 0.501 e. The van der Waals surface area contributed by atoms with E-state index in [0.717, 1.165) is 5.56 Å². The number of carboxylic acids is 1. The molecule has 0 aliphatic carbocycles. The quantitative estimate of drug-likeness (QED) is 0.429. The van der Waals surface area contributed by atoms with Crippen molar-refractivity contribution < 1.29 is 19.8 Å². The van der Waals surface area contributed by atoms with Crippen molar-refractivity contribution in [3.8, 4) is 17.1 Å². The van der Waals surface area contributed by atoms with Gasteiger partial charge in [0.25, 0.3) is 5.56 Å². The average Bonchev–Trinajstić information content (AvgIpc) is 3.10. The summed E-state index contributed by atoms with van der Waals surface area (Å²) in [6, 6.07) is 6.50. The Kier molecular flexibility index (Phi) is 5.62. The van der Waals surface area contributed by atoms with Gasteiger partial charge in [-0.05, 0) is 17.7 Å². The van der Waals surface area contributed by atoms with Crippen LogP contribution in [0.15, 0.2) is 39.8 Å². The fraction of sp³-hybridized carbons (Fsp3) is 0.0588. The first-order chi connectivity index (χ1) is 13.3. The van der Waals surface area contributed by atoms with E-state index in [0.29, 0.717) is 16.3 Å². The van der Waals surface area contributed by atoms with E-state index in [1.807, 2.05) is 0 Å². The molecule has 5 N–H and O–H groups in total. The van der Waals surface area contributed by atoms with E-state index < -0.39 is 29.0 Å². The van der Waals surface area contributed by atoms with Crippen molar-refractivity contribution in [2.45, 2.75) is 6.54 Å². The Morgan fingerprint density at radius 1 is 1.29 bits per heavy atom. The molecule has 0 bridgehead atoms. The van der Waals surface area contributed by atoms with Gasteiger partial charge >= 0.3 is 12.0 Å². The SMILES string of the molecule is O=C(NCc1cccc(Cl)c1)Nc1cscc1-c1nc(C(=O)O)c(O)c(=O)[nH]1. The molecule has 0 saturated carbocycles. The lowest BCUT2D eigenvalue weighted by atomic mass is 10.2. The van der Waals surface area contributed by atoms with Crippen LogP contribution >= 0.6 is 22.9 Å². The molecule has 28 heavy (non-hydrogen) atoms. The summed E-state index contributed by atoms with van der Waals surface area (Å²) in [7, 11) is 0. The summed E-state index contributed by atoms with van der Waals surface area (Å²) in [5, 5.41) is 27.6. The number of aromatic amines is 1. The van der Waals surface area contributed by atoms with Crippen LogP contribution in [0.2, 0.25) is 5.02 Å². The highest BCUT2D eigenvalue weighted by Gasteiger charge is 2.19. The average molecular weight is 421 g/mol. The first-order valence-electron chi connectivity index (χ1n) is 7.77. The zero-order valence-electron chi connectivity index (χ0n) is 14.0. The summed E-state index contributed by atoms with van der Waals surface area (Å²) in [5.41, 5.74) is -0.337. The fourth-order valence-corrected chi connectivity index (χ4v) is 3.29. The summed E-state index contributed by atoms with van der Waals surface area (Å²) in [6.07, 6.45) is 0. The lowest BCUT2D eigenvalue weighted by Gasteiger charge is -2.09. The van der Waals surface area contributed by atoms with Crippen molar-refractivity contribution in [3.05, 3.63) is 61.7 Å². The molecule has 144 valence electrons. The van der Waals surface area contributed by atoms with Gasteiger partial charge in [0.05, 0.1) is 11.3 Å². The second-order valence-corrected chi connectivity index (χ2v) is 6.73. The van der Waals surface area contributed by atoms with Gasteiger partial charge in [0.1, 0.15) is 5.82 Å². The number of hydrogen-bond acceptors (Lipinski definition) is 6. The highest BCUT2D eigenvalue weighted by atomic mass is 35.5. The molecule has 3 aromatic rings. The zero-order chi connectivity index (χ0) is 20.3. The molecule has 2 amide bonds. The summed E-state index contributed by atoms with van der Waals surface area (Å²) in [4.78, 5) is 41.1. The van der Waals surface area contributed by atoms with Gasteiger partial charge in [0, 0.05) is 22.3 Å². The molecule has 0 unspecified atom stereocenters. The molecule has 0 saturated heterocycles. The van der Waals surface area contributed by atoms with Crippen molar-refractivity contribution in [2.24, 2.45) is 0 Å². The van der Waals surface area contributed by atoms with Gasteiger partial charge in [-0.1, -0.05) is 23.7 Å². The number of nitrogens with zero attached hydrogens (tertiary/aromatic N) is 1. The molecule has 0 fully saturated rings. The fourth-order valence-electron chi connectivity index (χ4n) is 2.32. The number of aromatic hydroxyl groups is 1. The summed E-state index contributed by atoms with van der Waals surface area (Å²) < 4.78 is 0. The monoisotopic (exact) mass is 420 g/mol. The van der Waals surface area contributed by atoms with Crippen LogP contribution in [-0.2, 0) is 6.54 Å². The van der Waals surface area contributed by atoms with Crippen LogP contribution in [0, 0.1) is 0 Å². The molecule has 0 aliphatic heterocycles. The van der Waals surface area contributed by atoms with E-state index in [4.69, 9.17) is 16.7 Å². The van der Waals surface area contributed by atoms with E-state index in [2.05, 4.69) is 20.6 Å². The molecule has 9 nitrogen and oxygen atoms in total. The molecule has 0 spiro atoms. The van der Waals surface area contributed by atoms with Gasteiger partial charge in [0.2, 0.25) is 5.75 Å². The number of carbonyl (C=O) groups excluding carboxylic acids is 1. The number of aromatic nitrogens is 2. The molecule has 1 aromatic carbocycles. The number of carboxylic acid groups (broad SMARTS) is 1. The number of halogens is 1. The van der Waals surface area contributed by atoms with E-state index in [1.54, 1.807) is 35.0 Å². The van der Waals surface area contributed by atoms with E-state index in [9.17, 15) is 19.5 Å². The predicted molar refractivity (Wildman–Crippen MR) is 104 cm³/mol. The Labute approximate surface area is 166 Å². The molecule has 11 heteroatoms. The van der Waals surface area contributed by atoms with Gasteiger partial charge in [0.15, 0.2) is 5.69 Å². The number of benzene rings is 1. The van der Waals surface area contributed by atoms with Crippen molar-refractivity contribution in [1.82, 2.24) is 15.3 Å². The maximum absolute atomic E-state index is 12.2. The lowest BCUT2D eigenvalue weighted by Crippen LogP contribution is -2.28. The lowest BCUT2D eigenvalue weighted by molar-refractivity contribution is 0.0686. The van der Waals surface area contributed by atoms with Crippen LogP contribution in [0.5, 0.6) is 5.75 Å². The topological polar surface area (TPSA) is 144 Å². The minimum atomic E-state index is -1.55. The molecular weight excluding hydrogens is 408 g/mol. The predicted octanol–water partition coefficient (Wildman–Crippen LogP) is 2.88. The number of H-pyrrole nitrogens is 1. The van der Waals surface area contributed by atoms with Crippen LogP contribution in [0.1, 0.15) is 16.1 Å². The van der Waals surface area contributed by atoms with Crippen molar-refractivity contribution in [2.75, 3.05) is 5.32 Å². The minimum Gasteiger partial charge on any atom is -0.501 e. The Bertz CT molecular complexity index is 1110. The van der Waals surface area contributed by atoms with Gasteiger partial charge in [-0.2, -0.15) is 0 Å². The highest BCUT2D eigenvalue weighted by Crippen LogP contribution is 2.29. The van der Waals surface area contributed by atoms with Crippen LogP contribution in [0.25, 0.3) is 11.4 Å². The standard InChI is InChI=1S/C17H13ClN4O5S/c18-9-3-1-2-8(4-9)5-19-17(27)20-11-7-28-6-10(11)14-21-12(16(25)26)13(23)15(24)22-14/h1-4,6-7,23H,5H2,(H,25,26)(H2,19,20,27)(H,21,22,24). The third-order valence-electron chi connectivity index (χ3n) is 3.60. The zero-order valence-corrected chi connectivity index (χ0v) is 15.6. The van der Waals surface area contributed by atoms with Crippen molar-refractivity contribution in [3.63, 3.8) is 0 Å². The number of nitrogens with one attached hydrogen (secondary N) is 3. The number of urea groups is 1. The molecule has 3 rings (SSSR count). The molecule has 2 heterocycles. The normalized spacial score (nSPS) is 10.5. The van der Waals surface area contributed by atoms with Gasteiger partial charge in [-0.3, -0.25) is 4.79 Å². The Morgan fingerprint density at radius 2 is 2.07 bits per heavy atom. The molecular formula is C17H13ClN4O5S. The number of rotatable bonds is 5. The number of hydrogen-bond donors (Lipinski definition) is 5. The number of thiophene rings is 1. The van der Waals surface area contributed by atoms with Crippen LogP contribution in [0.3, 0.4) is 0 Å². The number of anilines is 1. The molecule has 0 radical (unpaired) electrons. The van der Waals surface area contributed by atoms with E-state index in [1.165, 1.54) is 11.3 Å². The third-order valence-corrected chi connectivity index (χ3v) is 4.58. The highest BCUT2D eigenvalue weighted by molar-refractivity contribution is 7.08. The van der Waals surface area contributed by atoms with Gasteiger partial charge in [-0.25, -0.2) is 14.6 Å². The van der Waals surface area contributed by atoms with Crippen molar-refractivity contribution >= 4 is 40.6 Å². The summed E-state index contributed by atoms with van der Waals surface area (Å²) in [6.45, 7) is 0.239. The van der Waals surface area contributed by atoms with Crippen LogP contribution in [-0.4, -0.2) is 32.2 Å². The molecule has 0 aliphatic rings. The summed E-state index contributed by atoms with van der Waals surface area (Å²) in [5.74, 6) is -2.62. The van der Waals surface area contributed by atoms with Gasteiger partial charge in [-0.15, -0.1) is 11.3 Å². The number of amides is 2. The summed E-state index contributed by atoms with van der Waals surface area (Å²) >= 11 is 7.11. The number of aromatic carboxylic acids is 1. The van der Waals surface area contributed by atoms with E-state index >= 15 is 0 Å². The number of carbonyl (C=O) groups is 2. The first-order valence-corrected chi connectivity index (χ1v) is 9.09. The third kappa shape index (κ3) is 4.30. The molecule has 2 aromatic heterocycles. The molecule has 0 atom stereocenters. The van der Waals surface area contributed by atoms with E-state index in [-0.39, 0.29) is 12.4 Å². The Balaban J connectivity index is 1.78. The van der Waals surface area contributed by atoms with Crippen LogP contribution in [0.4, 0.5) is 10.5 Å². The maximum Gasteiger partial charge on any atom is 0.358 e. The van der Waals surface area contributed by atoms with Gasteiger partial charge < -0.3 is 25.8 Å². The first kappa shape index (κ1) is 19.4. The Morgan fingerprint density at radius 3 is 2.79 bits per heavy atom. The maximum atomic E-state index is 12.2. The van der Waals surface area contributed by atoms with Crippen LogP contribution < -0.4 is 16.2 Å². The van der Waals surface area contributed by atoms with Crippen molar-refractivity contribution in [1.29, 1.82) is 0 Å². The second-order valence-electron chi connectivity index (χ2n) is 5.55. The Hall–Kier alpha value is -3.37. The minimum absolute atomic E-state index is 0.0911.